The van der Waals surface area contributed by atoms with Crippen molar-refractivity contribution in [2.75, 3.05) is 0 Å². The molecular formula is C13H24. The molecule has 0 aromatic rings. The first-order chi connectivity index (χ1) is 6.27. The van der Waals surface area contributed by atoms with Crippen molar-refractivity contribution >= 4 is 0 Å². The lowest BCUT2D eigenvalue weighted by Gasteiger charge is -1.97. The quantitative estimate of drug-likeness (QED) is 0.369. The maximum absolute atomic E-state index is 3.83. The lowest BCUT2D eigenvalue weighted by atomic mass is 10.1. The van der Waals surface area contributed by atoms with Gasteiger partial charge in [-0.25, -0.2) is 0 Å². The van der Waals surface area contributed by atoms with E-state index in [4.69, 9.17) is 0 Å². The van der Waals surface area contributed by atoms with Gasteiger partial charge in [0.2, 0.25) is 0 Å². The van der Waals surface area contributed by atoms with Crippen LogP contribution in [-0.4, -0.2) is 0 Å². The molecule has 0 aliphatic rings. The molecule has 0 aliphatic carbocycles. The summed E-state index contributed by atoms with van der Waals surface area (Å²) in [5.41, 5.74) is 1.16. The first-order valence-corrected chi connectivity index (χ1v) is 5.59. The molecule has 0 aliphatic heterocycles. The molecule has 0 nitrogen and oxygen atoms in total. The number of rotatable bonds is 8. The Morgan fingerprint density at radius 1 is 1.08 bits per heavy atom. The summed E-state index contributed by atoms with van der Waals surface area (Å²) >= 11 is 0. The molecular weight excluding hydrogens is 156 g/mol. The minimum atomic E-state index is 1.16. The van der Waals surface area contributed by atoms with Crippen LogP contribution in [0.3, 0.4) is 0 Å². The van der Waals surface area contributed by atoms with E-state index in [-0.39, 0.29) is 0 Å². The van der Waals surface area contributed by atoms with E-state index in [1.807, 2.05) is 6.92 Å². The van der Waals surface area contributed by atoms with Crippen LogP contribution in [0.1, 0.15) is 58.8 Å². The molecule has 0 heterocycles. The molecule has 0 saturated heterocycles. The van der Waals surface area contributed by atoms with E-state index in [1.54, 1.807) is 0 Å². The average Bonchev–Trinajstić information content (AvgIpc) is 2.09. The van der Waals surface area contributed by atoms with Gasteiger partial charge in [0, 0.05) is 0 Å². The third-order valence-corrected chi connectivity index (χ3v) is 2.13. The maximum atomic E-state index is 3.83. The largest absolute Gasteiger partial charge is 0.0961 e. The molecule has 0 N–H and O–H groups in total. The van der Waals surface area contributed by atoms with Crippen LogP contribution in [-0.2, 0) is 0 Å². The summed E-state index contributed by atoms with van der Waals surface area (Å²) in [6, 6.07) is 0. The highest BCUT2D eigenvalue weighted by atomic mass is 13.9. The number of allylic oxidation sites excluding steroid dienone is 3. The zero-order valence-electron chi connectivity index (χ0n) is 9.31. The van der Waals surface area contributed by atoms with Crippen LogP contribution in [0.15, 0.2) is 24.3 Å². The molecule has 0 unspecified atom stereocenters. The summed E-state index contributed by atoms with van der Waals surface area (Å²) in [7, 11) is 0. The van der Waals surface area contributed by atoms with Gasteiger partial charge in [0.05, 0.1) is 0 Å². The summed E-state index contributed by atoms with van der Waals surface area (Å²) < 4.78 is 0. The predicted octanol–water partition coefficient (Wildman–Crippen LogP) is 4.87. The Morgan fingerprint density at radius 3 is 2.31 bits per heavy atom. The van der Waals surface area contributed by atoms with E-state index in [0.717, 1.165) is 5.57 Å². The molecule has 0 fully saturated rings. The number of hydrogen-bond acceptors (Lipinski definition) is 0. The van der Waals surface area contributed by atoms with Gasteiger partial charge in [-0.05, 0) is 19.8 Å². The van der Waals surface area contributed by atoms with Gasteiger partial charge in [-0.1, -0.05) is 63.3 Å². The Balaban J connectivity index is 3.03. The van der Waals surface area contributed by atoms with Crippen molar-refractivity contribution in [2.45, 2.75) is 58.8 Å². The summed E-state index contributed by atoms with van der Waals surface area (Å²) in [4.78, 5) is 0. The molecule has 0 saturated carbocycles. The van der Waals surface area contributed by atoms with Gasteiger partial charge in [-0.3, -0.25) is 0 Å². The summed E-state index contributed by atoms with van der Waals surface area (Å²) in [6.07, 6.45) is 13.9. The van der Waals surface area contributed by atoms with E-state index in [1.165, 1.54) is 44.9 Å². The van der Waals surface area contributed by atoms with Crippen LogP contribution in [0.4, 0.5) is 0 Å². The van der Waals surface area contributed by atoms with Gasteiger partial charge in [-0.15, -0.1) is 0 Å². The third-order valence-electron chi connectivity index (χ3n) is 2.13. The van der Waals surface area contributed by atoms with Crippen molar-refractivity contribution in [1.82, 2.24) is 0 Å². The minimum absolute atomic E-state index is 1.16. The second-order valence-corrected chi connectivity index (χ2v) is 3.81. The smallest absolute Gasteiger partial charge is 0.0348 e. The van der Waals surface area contributed by atoms with Gasteiger partial charge in [-0.2, -0.15) is 0 Å². The molecule has 0 amide bonds. The van der Waals surface area contributed by atoms with Gasteiger partial charge >= 0.3 is 0 Å². The van der Waals surface area contributed by atoms with E-state index in [0.29, 0.717) is 0 Å². The molecule has 13 heavy (non-hydrogen) atoms. The Hall–Kier alpha value is -0.520. The zero-order valence-corrected chi connectivity index (χ0v) is 9.31. The molecule has 0 atom stereocenters. The molecule has 0 aromatic heterocycles. The van der Waals surface area contributed by atoms with Gasteiger partial charge in [0.15, 0.2) is 0 Å². The number of unbranched alkanes of at least 4 members (excludes halogenated alkanes) is 6. The van der Waals surface area contributed by atoms with E-state index >= 15 is 0 Å². The normalized spacial score (nSPS) is 10.9. The van der Waals surface area contributed by atoms with Gasteiger partial charge in [0.25, 0.3) is 0 Å². The Morgan fingerprint density at radius 2 is 1.69 bits per heavy atom. The van der Waals surface area contributed by atoms with Crippen molar-refractivity contribution in [1.29, 1.82) is 0 Å². The zero-order chi connectivity index (χ0) is 9.94. The second kappa shape index (κ2) is 9.57. The van der Waals surface area contributed by atoms with Crippen LogP contribution in [0.2, 0.25) is 0 Å². The molecule has 0 aromatic carbocycles. The standard InChI is InChI=1S/C13H24/c1-4-5-6-7-8-9-10-11-12-13(2)3/h11-12H,2,4-10H2,1,3H3/b12-11+. The first kappa shape index (κ1) is 12.5. The van der Waals surface area contributed by atoms with Crippen LogP contribution in [0, 0.1) is 0 Å². The Kier molecular flexibility index (Phi) is 9.18. The van der Waals surface area contributed by atoms with E-state index in [9.17, 15) is 0 Å². The van der Waals surface area contributed by atoms with Crippen LogP contribution in [0.25, 0.3) is 0 Å². The van der Waals surface area contributed by atoms with Gasteiger partial charge < -0.3 is 0 Å². The predicted molar refractivity (Wildman–Crippen MR) is 61.9 cm³/mol. The fourth-order valence-corrected chi connectivity index (χ4v) is 1.33. The lowest BCUT2D eigenvalue weighted by Crippen LogP contribution is -1.77. The Labute approximate surface area is 83.7 Å². The molecule has 0 radical (unpaired) electrons. The summed E-state index contributed by atoms with van der Waals surface area (Å²) in [5, 5.41) is 0. The molecule has 0 heteroatoms. The molecule has 76 valence electrons. The first-order valence-electron chi connectivity index (χ1n) is 5.59. The van der Waals surface area contributed by atoms with Crippen molar-refractivity contribution in [2.24, 2.45) is 0 Å². The van der Waals surface area contributed by atoms with Crippen LogP contribution < -0.4 is 0 Å². The molecule has 0 bridgehead atoms. The SMILES string of the molecule is C=C(C)/C=C/CCCCCCCC. The highest BCUT2D eigenvalue weighted by Gasteiger charge is 1.87. The molecule has 0 spiro atoms. The fourth-order valence-electron chi connectivity index (χ4n) is 1.33. The fraction of sp³-hybridized carbons (Fsp3) is 0.692. The minimum Gasteiger partial charge on any atom is -0.0961 e. The maximum Gasteiger partial charge on any atom is -0.0348 e. The Bertz CT molecular complexity index is 142. The summed E-state index contributed by atoms with van der Waals surface area (Å²) in [6.45, 7) is 8.13. The van der Waals surface area contributed by atoms with E-state index in [2.05, 4.69) is 25.7 Å². The third kappa shape index (κ3) is 11.5. The van der Waals surface area contributed by atoms with Crippen molar-refractivity contribution in [3.8, 4) is 0 Å². The van der Waals surface area contributed by atoms with Crippen molar-refractivity contribution < 1.29 is 0 Å². The highest BCUT2D eigenvalue weighted by Crippen LogP contribution is 2.07. The average molecular weight is 180 g/mol. The van der Waals surface area contributed by atoms with Crippen LogP contribution >= 0.6 is 0 Å². The van der Waals surface area contributed by atoms with E-state index < -0.39 is 0 Å². The van der Waals surface area contributed by atoms with Crippen LogP contribution in [0.5, 0.6) is 0 Å². The van der Waals surface area contributed by atoms with Crippen molar-refractivity contribution in [3.05, 3.63) is 24.3 Å². The van der Waals surface area contributed by atoms with Gasteiger partial charge in [0.1, 0.15) is 0 Å². The monoisotopic (exact) mass is 180 g/mol. The highest BCUT2D eigenvalue weighted by molar-refractivity contribution is 5.10. The second-order valence-electron chi connectivity index (χ2n) is 3.81. The molecule has 0 rings (SSSR count). The number of hydrogen-bond donors (Lipinski definition) is 0. The lowest BCUT2D eigenvalue weighted by molar-refractivity contribution is 0.611. The van der Waals surface area contributed by atoms with Crippen molar-refractivity contribution in [3.63, 3.8) is 0 Å². The summed E-state index contributed by atoms with van der Waals surface area (Å²) in [5.74, 6) is 0. The topological polar surface area (TPSA) is 0 Å².